The van der Waals surface area contributed by atoms with Gasteiger partial charge in [-0.25, -0.2) is 15.0 Å². The summed E-state index contributed by atoms with van der Waals surface area (Å²) in [6.45, 7) is 0. The molecule has 4 heteroatoms. The number of hydrogen-bond acceptors (Lipinski definition) is 4. The van der Waals surface area contributed by atoms with Crippen LogP contribution in [0.15, 0.2) is 192 Å². The summed E-state index contributed by atoms with van der Waals surface area (Å²) in [6.07, 6.45) is 0. The van der Waals surface area contributed by atoms with Crippen LogP contribution in [0.4, 0.5) is 0 Å². The lowest BCUT2D eigenvalue weighted by Gasteiger charge is -2.14. The van der Waals surface area contributed by atoms with E-state index in [1.54, 1.807) is 0 Å². The lowest BCUT2D eigenvalue weighted by Crippen LogP contribution is -1.98. The van der Waals surface area contributed by atoms with Gasteiger partial charge in [0.15, 0.2) is 5.82 Å². The largest absolute Gasteiger partial charge is 0.455 e. The molecule has 256 valence electrons. The fraction of sp³-hybridized carbons (Fsp3) is 0. The van der Waals surface area contributed by atoms with E-state index >= 15 is 0 Å². The summed E-state index contributed by atoms with van der Waals surface area (Å²) < 4.78 is 6.88. The Bertz CT molecular complexity index is 3240. The molecule has 55 heavy (non-hydrogen) atoms. The zero-order valence-electron chi connectivity index (χ0n) is 29.6. The third-order valence-corrected chi connectivity index (χ3v) is 10.7. The average Bonchev–Trinajstić information content (AvgIpc) is 3.66. The molecule has 0 fully saturated rings. The highest BCUT2D eigenvalue weighted by atomic mass is 16.3. The highest BCUT2D eigenvalue weighted by Crippen LogP contribution is 2.45. The molecule has 11 aromatic rings. The maximum atomic E-state index is 6.88. The van der Waals surface area contributed by atoms with E-state index in [-0.39, 0.29) is 0 Å². The van der Waals surface area contributed by atoms with E-state index in [9.17, 15) is 0 Å². The van der Waals surface area contributed by atoms with Crippen molar-refractivity contribution in [3.63, 3.8) is 0 Å². The molecule has 0 aliphatic carbocycles. The number of para-hydroxylation sites is 1. The second kappa shape index (κ2) is 12.6. The Hall–Kier alpha value is -7.43. The molecule has 3 aromatic heterocycles. The standard InChI is InChI=1S/C51H31N3O/c1-3-14-32(15-4-1)33-26-28-35(29-27-33)45-31-44(34-16-5-2-6-17-34)53-51(54-45)41-23-13-24-43-47(41)50-48(40-22-11-12-25-46(40)55-50)49(52-43)42-30-36-18-7-8-19-37(36)38-20-9-10-21-39(38)42/h1-31H. The minimum absolute atomic E-state index is 0.613. The molecule has 0 N–H and O–H groups in total. The van der Waals surface area contributed by atoms with Gasteiger partial charge in [0, 0.05) is 27.6 Å². The zero-order chi connectivity index (χ0) is 36.3. The van der Waals surface area contributed by atoms with Gasteiger partial charge in [0.1, 0.15) is 11.2 Å². The second-order valence-electron chi connectivity index (χ2n) is 13.9. The van der Waals surface area contributed by atoms with Crippen LogP contribution in [0, 0.1) is 0 Å². The normalized spacial score (nSPS) is 11.6. The van der Waals surface area contributed by atoms with Gasteiger partial charge in [-0.05, 0) is 56.9 Å². The first-order valence-corrected chi connectivity index (χ1v) is 18.5. The Labute approximate surface area is 317 Å². The number of aromatic nitrogens is 3. The van der Waals surface area contributed by atoms with Crippen LogP contribution in [-0.4, -0.2) is 15.0 Å². The molecule has 0 aliphatic rings. The molecule has 4 nitrogen and oxygen atoms in total. The number of nitrogens with zero attached hydrogens (tertiary/aromatic N) is 3. The van der Waals surface area contributed by atoms with Gasteiger partial charge in [0.05, 0.1) is 33.4 Å². The highest BCUT2D eigenvalue weighted by molar-refractivity contribution is 6.24. The Kier molecular flexibility index (Phi) is 7.14. The molecule has 0 saturated carbocycles. The molecule has 0 amide bonds. The fourth-order valence-corrected chi connectivity index (χ4v) is 8.07. The number of benzene rings is 8. The number of furan rings is 1. The smallest absolute Gasteiger partial charge is 0.161 e. The third-order valence-electron chi connectivity index (χ3n) is 10.7. The highest BCUT2D eigenvalue weighted by Gasteiger charge is 2.23. The van der Waals surface area contributed by atoms with E-state index in [0.29, 0.717) is 5.82 Å². The van der Waals surface area contributed by atoms with E-state index in [1.807, 2.05) is 42.5 Å². The Balaban J connectivity index is 1.18. The molecule has 0 unspecified atom stereocenters. The summed E-state index contributed by atoms with van der Waals surface area (Å²) in [7, 11) is 0. The second-order valence-corrected chi connectivity index (χ2v) is 13.9. The summed E-state index contributed by atoms with van der Waals surface area (Å²) in [5, 5.41) is 7.62. The van der Waals surface area contributed by atoms with Gasteiger partial charge in [-0.1, -0.05) is 164 Å². The quantitative estimate of drug-likeness (QED) is 0.168. The maximum absolute atomic E-state index is 6.88. The molecule has 0 radical (unpaired) electrons. The molecule has 3 heterocycles. The van der Waals surface area contributed by atoms with Gasteiger partial charge in [-0.3, -0.25) is 0 Å². The fourth-order valence-electron chi connectivity index (χ4n) is 8.07. The van der Waals surface area contributed by atoms with E-state index in [2.05, 4.69) is 146 Å². The van der Waals surface area contributed by atoms with Crippen LogP contribution in [-0.2, 0) is 0 Å². The number of fused-ring (bicyclic) bond motifs is 8. The predicted molar refractivity (Wildman–Crippen MR) is 227 cm³/mol. The van der Waals surface area contributed by atoms with Crippen molar-refractivity contribution in [2.75, 3.05) is 0 Å². The van der Waals surface area contributed by atoms with Crippen LogP contribution in [0.3, 0.4) is 0 Å². The molecule has 0 atom stereocenters. The van der Waals surface area contributed by atoms with Gasteiger partial charge in [-0.15, -0.1) is 0 Å². The van der Waals surface area contributed by atoms with Crippen LogP contribution >= 0.6 is 0 Å². The SMILES string of the molecule is c1ccc(-c2ccc(-c3cc(-c4ccccc4)nc(-c4cccc5nc(-c6cc7ccccc7c7ccccc67)c6c7ccccc7oc6c45)n3)cc2)cc1. The lowest BCUT2D eigenvalue weighted by atomic mass is 9.93. The van der Waals surface area contributed by atoms with E-state index in [4.69, 9.17) is 19.4 Å². The summed E-state index contributed by atoms with van der Waals surface area (Å²) >= 11 is 0. The molecular formula is C51H31N3O. The van der Waals surface area contributed by atoms with Crippen LogP contribution in [0.1, 0.15) is 0 Å². The minimum Gasteiger partial charge on any atom is -0.455 e. The van der Waals surface area contributed by atoms with Crippen LogP contribution in [0.5, 0.6) is 0 Å². The van der Waals surface area contributed by atoms with Crippen molar-refractivity contribution < 1.29 is 4.42 Å². The first-order valence-electron chi connectivity index (χ1n) is 18.5. The minimum atomic E-state index is 0.613. The van der Waals surface area contributed by atoms with Gasteiger partial charge in [-0.2, -0.15) is 0 Å². The van der Waals surface area contributed by atoms with Crippen molar-refractivity contribution in [1.82, 2.24) is 15.0 Å². The van der Waals surface area contributed by atoms with Crippen molar-refractivity contribution in [1.29, 1.82) is 0 Å². The van der Waals surface area contributed by atoms with E-state index in [1.165, 1.54) is 21.7 Å². The number of hydrogen-bond donors (Lipinski definition) is 0. The van der Waals surface area contributed by atoms with E-state index < -0.39 is 0 Å². The van der Waals surface area contributed by atoms with Crippen molar-refractivity contribution >= 4 is 54.4 Å². The Morgan fingerprint density at radius 1 is 0.364 bits per heavy atom. The van der Waals surface area contributed by atoms with Crippen LogP contribution < -0.4 is 0 Å². The zero-order valence-corrected chi connectivity index (χ0v) is 29.6. The summed E-state index contributed by atoms with van der Waals surface area (Å²) in [5.74, 6) is 0.613. The Morgan fingerprint density at radius 2 is 0.945 bits per heavy atom. The molecule has 0 saturated heterocycles. The van der Waals surface area contributed by atoms with Crippen molar-refractivity contribution in [3.8, 4) is 56.3 Å². The maximum Gasteiger partial charge on any atom is 0.161 e. The molecule has 8 aromatic carbocycles. The monoisotopic (exact) mass is 701 g/mol. The average molecular weight is 702 g/mol. The van der Waals surface area contributed by atoms with Gasteiger partial charge < -0.3 is 4.42 Å². The topological polar surface area (TPSA) is 51.8 Å². The first-order chi connectivity index (χ1) is 27.3. The van der Waals surface area contributed by atoms with Crippen LogP contribution in [0.25, 0.3) is 111 Å². The lowest BCUT2D eigenvalue weighted by molar-refractivity contribution is 0.672. The summed E-state index contributed by atoms with van der Waals surface area (Å²) in [6, 6.07) is 65.4. The summed E-state index contributed by atoms with van der Waals surface area (Å²) in [5.41, 5.74) is 11.3. The van der Waals surface area contributed by atoms with Gasteiger partial charge in [0.25, 0.3) is 0 Å². The first kappa shape index (κ1) is 31.1. The van der Waals surface area contributed by atoms with Crippen molar-refractivity contribution in [2.24, 2.45) is 0 Å². The molecule has 0 aliphatic heterocycles. The number of pyridine rings is 1. The van der Waals surface area contributed by atoms with Gasteiger partial charge >= 0.3 is 0 Å². The Morgan fingerprint density at radius 3 is 1.71 bits per heavy atom. The molecule has 0 spiro atoms. The molecular weight excluding hydrogens is 671 g/mol. The third kappa shape index (κ3) is 5.19. The van der Waals surface area contributed by atoms with Crippen LogP contribution in [0.2, 0.25) is 0 Å². The predicted octanol–water partition coefficient (Wildman–Crippen LogP) is 13.6. The number of rotatable bonds is 5. The van der Waals surface area contributed by atoms with Gasteiger partial charge in [0.2, 0.25) is 0 Å². The van der Waals surface area contributed by atoms with Crippen molar-refractivity contribution in [2.45, 2.75) is 0 Å². The molecule has 0 bridgehead atoms. The summed E-state index contributed by atoms with van der Waals surface area (Å²) in [4.78, 5) is 16.1. The van der Waals surface area contributed by atoms with Crippen molar-refractivity contribution in [3.05, 3.63) is 188 Å². The van der Waals surface area contributed by atoms with E-state index in [0.717, 1.165) is 83.1 Å². The molecule has 11 rings (SSSR count).